The first kappa shape index (κ1) is 14.9. The Balaban J connectivity index is 4.09. The molecule has 0 aromatic heterocycles. The van der Waals surface area contributed by atoms with Crippen molar-refractivity contribution in [2.45, 2.75) is 33.2 Å². The molecule has 92 valence electrons. The lowest BCUT2D eigenvalue weighted by Crippen LogP contribution is -2.42. The van der Waals surface area contributed by atoms with E-state index in [0.717, 1.165) is 0 Å². The van der Waals surface area contributed by atoms with Gasteiger partial charge in [0.1, 0.15) is 9.84 Å². The number of nitrogens with one attached hydrogen (secondary N) is 1. The molecule has 0 radical (unpaired) electrons. The molecule has 4 nitrogen and oxygen atoms in total. The summed E-state index contributed by atoms with van der Waals surface area (Å²) in [4.78, 5) is 0. The summed E-state index contributed by atoms with van der Waals surface area (Å²) in [6.07, 6.45) is 1.88. The van der Waals surface area contributed by atoms with Crippen LogP contribution in [0.1, 0.15) is 27.2 Å². The van der Waals surface area contributed by atoms with Crippen LogP contribution in [0, 0.1) is 5.41 Å². The minimum Gasteiger partial charge on any atom is -0.396 e. The van der Waals surface area contributed by atoms with Gasteiger partial charge < -0.3 is 10.4 Å². The normalized spacial score (nSPS) is 15.3. The highest BCUT2D eigenvalue weighted by Crippen LogP contribution is 2.21. The van der Waals surface area contributed by atoms with Gasteiger partial charge in [-0.05, 0) is 11.8 Å². The molecular formula is C10H23NO3S. The molecular weight excluding hydrogens is 214 g/mol. The van der Waals surface area contributed by atoms with Gasteiger partial charge in [-0.1, -0.05) is 20.8 Å². The van der Waals surface area contributed by atoms with Crippen molar-refractivity contribution < 1.29 is 13.5 Å². The quantitative estimate of drug-likeness (QED) is 0.702. The maximum atomic E-state index is 10.9. The predicted octanol–water partition coefficient (Wildman–Crippen LogP) is 0.418. The van der Waals surface area contributed by atoms with E-state index in [9.17, 15) is 8.42 Å². The molecule has 0 bridgehead atoms. The van der Waals surface area contributed by atoms with Gasteiger partial charge in [0.05, 0.1) is 5.75 Å². The van der Waals surface area contributed by atoms with Gasteiger partial charge in [0.2, 0.25) is 0 Å². The van der Waals surface area contributed by atoms with E-state index in [-0.39, 0.29) is 23.8 Å². The first-order chi connectivity index (χ1) is 6.67. The largest absolute Gasteiger partial charge is 0.396 e. The first-order valence-electron chi connectivity index (χ1n) is 5.19. The van der Waals surface area contributed by atoms with Gasteiger partial charge in [-0.15, -0.1) is 0 Å². The molecule has 0 aliphatic rings. The summed E-state index contributed by atoms with van der Waals surface area (Å²) in [6, 6.07) is 0.143. The molecule has 0 spiro atoms. The van der Waals surface area contributed by atoms with E-state index >= 15 is 0 Å². The lowest BCUT2D eigenvalue weighted by atomic mass is 9.85. The summed E-state index contributed by atoms with van der Waals surface area (Å²) in [5.74, 6) is 0.144. The maximum Gasteiger partial charge on any atom is 0.148 e. The predicted molar refractivity (Wildman–Crippen MR) is 62.7 cm³/mol. The number of aliphatic hydroxyl groups excluding tert-OH is 1. The van der Waals surface area contributed by atoms with Gasteiger partial charge in [-0.25, -0.2) is 8.42 Å². The second kappa shape index (κ2) is 5.82. The van der Waals surface area contributed by atoms with Crippen molar-refractivity contribution in [1.82, 2.24) is 5.32 Å². The molecule has 0 heterocycles. The van der Waals surface area contributed by atoms with E-state index in [1.807, 2.05) is 0 Å². The van der Waals surface area contributed by atoms with Crippen LogP contribution in [-0.4, -0.2) is 44.7 Å². The highest BCUT2D eigenvalue weighted by atomic mass is 32.2. The lowest BCUT2D eigenvalue weighted by Gasteiger charge is -2.31. The summed E-state index contributed by atoms with van der Waals surface area (Å²) >= 11 is 0. The Morgan fingerprint density at radius 2 is 1.87 bits per heavy atom. The van der Waals surface area contributed by atoms with Crippen LogP contribution in [0.4, 0.5) is 0 Å². The second-order valence-electron chi connectivity index (χ2n) is 5.01. The van der Waals surface area contributed by atoms with E-state index in [0.29, 0.717) is 13.0 Å². The molecule has 0 aliphatic heterocycles. The third-order valence-electron chi connectivity index (χ3n) is 2.33. The molecule has 0 saturated heterocycles. The zero-order valence-electron chi connectivity index (χ0n) is 10.1. The van der Waals surface area contributed by atoms with Crippen molar-refractivity contribution in [3.05, 3.63) is 0 Å². The third kappa shape index (κ3) is 7.76. The summed E-state index contributed by atoms with van der Waals surface area (Å²) in [5.41, 5.74) is 0.0280. The first-order valence-corrected chi connectivity index (χ1v) is 7.25. The number of hydrogen-bond donors (Lipinski definition) is 2. The molecule has 15 heavy (non-hydrogen) atoms. The molecule has 0 aliphatic carbocycles. The minimum absolute atomic E-state index is 0.0280. The third-order valence-corrected chi connectivity index (χ3v) is 3.27. The Hall–Kier alpha value is -0.130. The van der Waals surface area contributed by atoms with Gasteiger partial charge in [-0.3, -0.25) is 0 Å². The monoisotopic (exact) mass is 237 g/mol. The Morgan fingerprint density at radius 1 is 1.33 bits per heavy atom. The second-order valence-corrected chi connectivity index (χ2v) is 7.27. The van der Waals surface area contributed by atoms with E-state index in [4.69, 9.17) is 5.11 Å². The van der Waals surface area contributed by atoms with Gasteiger partial charge in [0.25, 0.3) is 0 Å². The van der Waals surface area contributed by atoms with Crippen LogP contribution in [-0.2, 0) is 9.84 Å². The molecule has 5 heteroatoms. The molecule has 0 amide bonds. The number of sulfone groups is 1. The summed E-state index contributed by atoms with van der Waals surface area (Å²) in [6.45, 7) is 6.77. The Labute approximate surface area is 93.0 Å². The Kier molecular flexibility index (Phi) is 5.77. The van der Waals surface area contributed by atoms with E-state index in [2.05, 4.69) is 26.1 Å². The van der Waals surface area contributed by atoms with Gasteiger partial charge in [0.15, 0.2) is 0 Å². The van der Waals surface area contributed by atoms with Crippen molar-refractivity contribution in [2.24, 2.45) is 5.41 Å². The van der Waals surface area contributed by atoms with Gasteiger partial charge in [0, 0.05) is 25.4 Å². The highest BCUT2D eigenvalue weighted by molar-refractivity contribution is 7.90. The van der Waals surface area contributed by atoms with Crippen LogP contribution in [0.25, 0.3) is 0 Å². The average Bonchev–Trinajstić information content (AvgIpc) is 1.98. The van der Waals surface area contributed by atoms with Crippen LogP contribution in [0.3, 0.4) is 0 Å². The molecule has 0 aromatic rings. The summed E-state index contributed by atoms with van der Waals surface area (Å²) < 4.78 is 21.9. The fraction of sp³-hybridized carbons (Fsp3) is 1.00. The highest BCUT2D eigenvalue weighted by Gasteiger charge is 2.23. The lowest BCUT2D eigenvalue weighted by molar-refractivity contribution is 0.200. The summed E-state index contributed by atoms with van der Waals surface area (Å²) in [5, 5.41) is 12.1. The maximum absolute atomic E-state index is 10.9. The van der Waals surface area contributed by atoms with Crippen molar-refractivity contribution in [3.63, 3.8) is 0 Å². The topological polar surface area (TPSA) is 66.4 Å². The fourth-order valence-electron chi connectivity index (χ4n) is 1.39. The zero-order chi connectivity index (χ0) is 12.1. The van der Waals surface area contributed by atoms with Crippen molar-refractivity contribution in [2.75, 3.05) is 25.2 Å². The molecule has 0 rings (SSSR count). The number of rotatable bonds is 6. The van der Waals surface area contributed by atoms with Crippen LogP contribution in [0.2, 0.25) is 0 Å². The molecule has 0 aromatic carbocycles. The molecule has 0 fully saturated rings. The van der Waals surface area contributed by atoms with E-state index in [1.165, 1.54) is 6.26 Å². The Morgan fingerprint density at radius 3 is 2.20 bits per heavy atom. The Bertz CT molecular complexity index is 267. The molecule has 2 N–H and O–H groups in total. The minimum atomic E-state index is -2.91. The summed E-state index contributed by atoms with van der Waals surface area (Å²) in [7, 11) is -2.91. The SMILES string of the molecule is CC(C)(C)C(CCO)NCCS(C)(=O)=O. The van der Waals surface area contributed by atoms with Crippen molar-refractivity contribution in [3.8, 4) is 0 Å². The molecule has 0 saturated carbocycles. The number of aliphatic hydroxyl groups is 1. The molecule has 1 unspecified atom stereocenters. The van der Waals surface area contributed by atoms with Crippen LogP contribution < -0.4 is 5.32 Å². The van der Waals surface area contributed by atoms with Crippen LogP contribution in [0.15, 0.2) is 0 Å². The van der Waals surface area contributed by atoms with Gasteiger partial charge >= 0.3 is 0 Å². The fourth-order valence-corrected chi connectivity index (χ4v) is 1.88. The number of hydrogen-bond acceptors (Lipinski definition) is 4. The van der Waals surface area contributed by atoms with Gasteiger partial charge in [-0.2, -0.15) is 0 Å². The van der Waals surface area contributed by atoms with Crippen molar-refractivity contribution in [1.29, 1.82) is 0 Å². The zero-order valence-corrected chi connectivity index (χ0v) is 10.9. The van der Waals surface area contributed by atoms with Crippen LogP contribution in [0.5, 0.6) is 0 Å². The van der Waals surface area contributed by atoms with E-state index in [1.54, 1.807) is 0 Å². The molecule has 1 atom stereocenters. The smallest absolute Gasteiger partial charge is 0.148 e. The van der Waals surface area contributed by atoms with Crippen molar-refractivity contribution >= 4 is 9.84 Å². The average molecular weight is 237 g/mol. The van der Waals surface area contributed by atoms with E-state index < -0.39 is 9.84 Å². The van der Waals surface area contributed by atoms with Crippen LogP contribution >= 0.6 is 0 Å². The standard InChI is InChI=1S/C10H23NO3S/c1-10(2,3)9(5-7-12)11-6-8-15(4,13)14/h9,11-12H,5-8H2,1-4H3.